The zero-order chi connectivity index (χ0) is 16.0. The lowest BCUT2D eigenvalue weighted by molar-refractivity contribution is -0.120. The first-order chi connectivity index (χ1) is 9.86. The summed E-state index contributed by atoms with van der Waals surface area (Å²) in [4.78, 5) is 11.5. The molecule has 0 saturated heterocycles. The number of nitrogens with zero attached hydrogens (tertiary/aromatic N) is 1. The average molecular weight is 334 g/mol. The number of amides is 1. The predicted octanol–water partition coefficient (Wildman–Crippen LogP) is 0.945. The SMILES string of the molecule is CCCN(CC(=O)NC)S(=O)(=O)c1ccc(CN)cc1Cl. The minimum Gasteiger partial charge on any atom is -0.358 e. The fraction of sp³-hybridized carbons (Fsp3) is 0.462. The van der Waals surface area contributed by atoms with Gasteiger partial charge in [0.05, 0.1) is 11.6 Å². The van der Waals surface area contributed by atoms with Crippen molar-refractivity contribution in [3.63, 3.8) is 0 Å². The monoisotopic (exact) mass is 333 g/mol. The average Bonchev–Trinajstić information content (AvgIpc) is 2.45. The number of benzene rings is 1. The number of likely N-dealkylation sites (N-methyl/N-ethyl adjacent to an activating group) is 1. The quantitative estimate of drug-likeness (QED) is 0.777. The maximum atomic E-state index is 12.6. The molecule has 0 radical (unpaired) electrons. The summed E-state index contributed by atoms with van der Waals surface area (Å²) < 4.78 is 26.4. The highest BCUT2D eigenvalue weighted by Crippen LogP contribution is 2.25. The van der Waals surface area contributed by atoms with Crippen LogP contribution >= 0.6 is 11.6 Å². The van der Waals surface area contributed by atoms with Crippen molar-refractivity contribution in [2.45, 2.75) is 24.8 Å². The van der Waals surface area contributed by atoms with Crippen LogP contribution in [0.15, 0.2) is 23.1 Å². The molecule has 0 spiro atoms. The molecule has 1 rings (SSSR count). The normalized spacial score (nSPS) is 11.7. The Kier molecular flexibility index (Phi) is 6.60. The Bertz CT molecular complexity index is 605. The van der Waals surface area contributed by atoms with Crippen LogP contribution in [0.4, 0.5) is 0 Å². The van der Waals surface area contributed by atoms with E-state index in [4.69, 9.17) is 17.3 Å². The van der Waals surface area contributed by atoms with Crippen molar-refractivity contribution in [3.05, 3.63) is 28.8 Å². The second kappa shape index (κ2) is 7.74. The maximum absolute atomic E-state index is 12.6. The molecule has 6 nitrogen and oxygen atoms in total. The minimum absolute atomic E-state index is 0.0151. The Morgan fingerprint density at radius 3 is 2.57 bits per heavy atom. The molecular formula is C13H20ClN3O3S. The molecule has 0 atom stereocenters. The molecule has 0 aliphatic heterocycles. The molecule has 0 aliphatic carbocycles. The predicted molar refractivity (Wildman–Crippen MR) is 82.5 cm³/mol. The van der Waals surface area contributed by atoms with Crippen LogP contribution in [-0.4, -0.2) is 38.8 Å². The molecule has 1 aromatic carbocycles. The third-order valence-electron chi connectivity index (χ3n) is 2.92. The van der Waals surface area contributed by atoms with Crippen LogP contribution in [0.2, 0.25) is 5.02 Å². The number of carbonyl (C=O) groups excluding carboxylic acids is 1. The Morgan fingerprint density at radius 2 is 2.10 bits per heavy atom. The summed E-state index contributed by atoms with van der Waals surface area (Å²) in [6.07, 6.45) is 0.592. The minimum atomic E-state index is -3.82. The number of carbonyl (C=O) groups is 1. The molecule has 8 heteroatoms. The lowest BCUT2D eigenvalue weighted by atomic mass is 10.2. The summed E-state index contributed by atoms with van der Waals surface area (Å²) in [5, 5.41) is 2.52. The summed E-state index contributed by atoms with van der Waals surface area (Å²) in [5.41, 5.74) is 6.24. The van der Waals surface area contributed by atoms with Crippen molar-refractivity contribution >= 4 is 27.5 Å². The molecule has 0 heterocycles. The van der Waals surface area contributed by atoms with E-state index in [0.29, 0.717) is 6.42 Å². The molecule has 3 N–H and O–H groups in total. The van der Waals surface area contributed by atoms with Crippen LogP contribution in [0, 0.1) is 0 Å². The molecule has 1 aromatic rings. The van der Waals surface area contributed by atoms with Gasteiger partial charge in [-0.15, -0.1) is 0 Å². The van der Waals surface area contributed by atoms with E-state index in [0.717, 1.165) is 9.87 Å². The highest BCUT2D eigenvalue weighted by molar-refractivity contribution is 7.89. The van der Waals surface area contributed by atoms with Gasteiger partial charge in [0.1, 0.15) is 4.90 Å². The summed E-state index contributed by atoms with van der Waals surface area (Å²) in [6, 6.07) is 4.56. The van der Waals surface area contributed by atoms with Crippen molar-refractivity contribution in [3.8, 4) is 0 Å². The van der Waals surface area contributed by atoms with Gasteiger partial charge in [0.2, 0.25) is 15.9 Å². The molecule has 0 aliphatic rings. The number of hydrogen-bond donors (Lipinski definition) is 2. The molecule has 0 fully saturated rings. The first kappa shape index (κ1) is 17.9. The van der Waals surface area contributed by atoms with Crippen molar-refractivity contribution in [2.24, 2.45) is 5.73 Å². The van der Waals surface area contributed by atoms with Crippen molar-refractivity contribution in [1.82, 2.24) is 9.62 Å². The third-order valence-corrected chi connectivity index (χ3v) is 5.25. The standard InChI is InChI=1S/C13H20ClN3O3S/c1-3-6-17(9-13(18)16-2)21(19,20)12-5-4-10(8-15)7-11(12)14/h4-5,7H,3,6,8-9,15H2,1-2H3,(H,16,18). The van der Waals surface area contributed by atoms with E-state index in [1.54, 1.807) is 6.07 Å². The second-order valence-electron chi connectivity index (χ2n) is 4.48. The topological polar surface area (TPSA) is 92.5 Å². The highest BCUT2D eigenvalue weighted by Gasteiger charge is 2.27. The zero-order valence-corrected chi connectivity index (χ0v) is 13.7. The Labute approximate surface area is 130 Å². The van der Waals surface area contributed by atoms with Gasteiger partial charge in [-0.2, -0.15) is 4.31 Å². The molecular weight excluding hydrogens is 314 g/mol. The van der Waals surface area contributed by atoms with Gasteiger partial charge in [-0.1, -0.05) is 24.6 Å². The number of hydrogen-bond acceptors (Lipinski definition) is 4. The fourth-order valence-electron chi connectivity index (χ4n) is 1.79. The van der Waals surface area contributed by atoms with E-state index in [-0.39, 0.29) is 35.5 Å². The highest BCUT2D eigenvalue weighted by atomic mass is 35.5. The van der Waals surface area contributed by atoms with Gasteiger partial charge in [-0.05, 0) is 24.1 Å². The van der Waals surface area contributed by atoms with E-state index < -0.39 is 10.0 Å². The van der Waals surface area contributed by atoms with Crippen LogP contribution in [0.3, 0.4) is 0 Å². The van der Waals surface area contributed by atoms with E-state index in [2.05, 4.69) is 5.32 Å². The van der Waals surface area contributed by atoms with Gasteiger partial charge in [0, 0.05) is 20.1 Å². The van der Waals surface area contributed by atoms with E-state index in [9.17, 15) is 13.2 Å². The number of halogens is 1. The molecule has 0 unspecified atom stereocenters. The van der Waals surface area contributed by atoms with Crippen LogP contribution in [-0.2, 0) is 21.4 Å². The van der Waals surface area contributed by atoms with E-state index in [1.165, 1.54) is 19.2 Å². The molecule has 0 bridgehead atoms. The van der Waals surface area contributed by atoms with E-state index >= 15 is 0 Å². The number of rotatable bonds is 7. The van der Waals surface area contributed by atoms with Gasteiger partial charge in [-0.3, -0.25) is 4.79 Å². The molecule has 1 amide bonds. The smallest absolute Gasteiger partial charge is 0.245 e. The zero-order valence-electron chi connectivity index (χ0n) is 12.1. The summed E-state index contributed by atoms with van der Waals surface area (Å²) in [7, 11) is -2.36. The molecule has 118 valence electrons. The Morgan fingerprint density at radius 1 is 1.43 bits per heavy atom. The van der Waals surface area contributed by atoms with Crippen LogP contribution in [0.1, 0.15) is 18.9 Å². The summed E-state index contributed by atoms with van der Waals surface area (Å²) >= 11 is 6.05. The van der Waals surface area contributed by atoms with Crippen molar-refractivity contribution in [1.29, 1.82) is 0 Å². The van der Waals surface area contributed by atoms with Crippen molar-refractivity contribution < 1.29 is 13.2 Å². The van der Waals surface area contributed by atoms with Gasteiger partial charge in [-0.25, -0.2) is 8.42 Å². The van der Waals surface area contributed by atoms with Gasteiger partial charge in [0.25, 0.3) is 0 Å². The number of sulfonamides is 1. The summed E-state index contributed by atoms with van der Waals surface area (Å²) in [5.74, 6) is -0.373. The van der Waals surface area contributed by atoms with Crippen LogP contribution in [0.5, 0.6) is 0 Å². The fourth-order valence-corrected chi connectivity index (χ4v) is 3.82. The van der Waals surface area contributed by atoms with Gasteiger partial charge in [0.15, 0.2) is 0 Å². The van der Waals surface area contributed by atoms with E-state index in [1.807, 2.05) is 6.92 Å². The lowest BCUT2D eigenvalue weighted by Gasteiger charge is -2.21. The molecule has 21 heavy (non-hydrogen) atoms. The van der Waals surface area contributed by atoms with Crippen molar-refractivity contribution in [2.75, 3.05) is 20.1 Å². The van der Waals surface area contributed by atoms with Crippen LogP contribution < -0.4 is 11.1 Å². The second-order valence-corrected chi connectivity index (χ2v) is 6.79. The first-order valence-corrected chi connectivity index (χ1v) is 8.37. The lowest BCUT2D eigenvalue weighted by Crippen LogP contribution is -2.40. The molecule has 0 aromatic heterocycles. The van der Waals surface area contributed by atoms with Crippen LogP contribution in [0.25, 0.3) is 0 Å². The summed E-state index contributed by atoms with van der Waals surface area (Å²) in [6.45, 7) is 2.12. The first-order valence-electron chi connectivity index (χ1n) is 6.56. The largest absolute Gasteiger partial charge is 0.358 e. The number of nitrogens with two attached hydrogens (primary N) is 1. The van der Waals surface area contributed by atoms with Gasteiger partial charge < -0.3 is 11.1 Å². The third kappa shape index (κ3) is 4.41. The number of nitrogens with one attached hydrogen (secondary N) is 1. The van der Waals surface area contributed by atoms with Gasteiger partial charge >= 0.3 is 0 Å². The Balaban J connectivity index is 3.19. The Hall–Kier alpha value is -1.15. The maximum Gasteiger partial charge on any atom is 0.245 e. The molecule has 0 saturated carbocycles.